The maximum absolute atomic E-state index is 8.81. The summed E-state index contributed by atoms with van der Waals surface area (Å²) in [4.78, 5) is 8.81. The second kappa shape index (κ2) is 8.91. The van der Waals surface area contributed by atoms with Gasteiger partial charge in [-0.05, 0) is 6.92 Å². The maximum Gasteiger partial charge on any atom is 2.00 e. The summed E-state index contributed by atoms with van der Waals surface area (Å²) >= 11 is 0. The van der Waals surface area contributed by atoms with E-state index in [1.807, 2.05) is 0 Å². The second-order valence-electron chi connectivity index (χ2n) is 0.236. The molecule has 0 saturated carbocycles. The Morgan fingerprint density at radius 2 is 2.00 bits per heavy atom. The minimum atomic E-state index is 0. The fourth-order valence-electron chi connectivity index (χ4n) is 0. The predicted molar refractivity (Wildman–Crippen MR) is 19.7 cm³/mol. The van der Waals surface area contributed by atoms with E-state index in [9.17, 15) is 0 Å². The SMILES string of the molecule is CC=O.[H-].[H-].[Sr+2]. The summed E-state index contributed by atoms with van der Waals surface area (Å²) in [5.41, 5.74) is 0. The molecule has 0 rings (SSSR count). The Labute approximate surface area is 65.6 Å². The molecule has 0 amide bonds. The Kier molecular flexibility index (Phi) is 19.9. The standard InChI is InChI=1S/C2H4O.Sr.2H/c1-2-3;;;/h2H,1H3;;;/q;+2;2*-1. The third-order valence-electron chi connectivity index (χ3n) is 0. The first-order valence-electron chi connectivity index (χ1n) is 0.813. The minimum absolute atomic E-state index is 0. The zero-order valence-electron chi connectivity index (χ0n) is 4.69. The van der Waals surface area contributed by atoms with Gasteiger partial charge in [-0.1, -0.05) is 0 Å². The van der Waals surface area contributed by atoms with Crippen LogP contribution in [-0.4, -0.2) is 51.8 Å². The molecule has 0 aromatic rings. The van der Waals surface area contributed by atoms with Gasteiger partial charge in [0.05, 0.1) is 0 Å². The molecule has 0 aliphatic rings. The van der Waals surface area contributed by atoms with Crippen molar-refractivity contribution in [2.24, 2.45) is 0 Å². The van der Waals surface area contributed by atoms with Gasteiger partial charge in [0.2, 0.25) is 0 Å². The number of rotatable bonds is 0. The largest absolute Gasteiger partial charge is 2.00 e. The summed E-state index contributed by atoms with van der Waals surface area (Å²) in [5, 5.41) is 0. The molecule has 0 bridgehead atoms. The van der Waals surface area contributed by atoms with Gasteiger partial charge >= 0.3 is 45.5 Å². The van der Waals surface area contributed by atoms with Gasteiger partial charge in [0.1, 0.15) is 6.29 Å². The predicted octanol–water partition coefficient (Wildman–Crippen LogP) is 0.0494. The van der Waals surface area contributed by atoms with Crippen molar-refractivity contribution in [3.05, 3.63) is 0 Å². The van der Waals surface area contributed by atoms with Crippen LogP contribution in [0.2, 0.25) is 0 Å². The third kappa shape index (κ3) is 11.0. The molecule has 0 unspecified atom stereocenters. The van der Waals surface area contributed by atoms with Crippen LogP contribution in [-0.2, 0) is 4.79 Å². The number of hydrogen-bond acceptors (Lipinski definition) is 1. The number of hydrogen-bond donors (Lipinski definition) is 0. The Morgan fingerprint density at radius 3 is 2.00 bits per heavy atom. The molecule has 0 atom stereocenters. The van der Waals surface area contributed by atoms with Gasteiger partial charge in [-0.25, -0.2) is 0 Å². The Bertz CT molecular complexity index is 19.0. The maximum atomic E-state index is 8.81. The monoisotopic (exact) mass is 134 g/mol. The van der Waals surface area contributed by atoms with E-state index in [0.29, 0.717) is 0 Å². The molecule has 0 saturated heterocycles. The van der Waals surface area contributed by atoms with Gasteiger partial charge in [0, 0.05) is 0 Å². The van der Waals surface area contributed by atoms with Crippen LogP contribution in [0.4, 0.5) is 0 Å². The van der Waals surface area contributed by atoms with Crippen molar-refractivity contribution >= 4 is 51.8 Å². The zero-order valence-corrected chi connectivity index (χ0v) is 6.17. The topological polar surface area (TPSA) is 17.1 Å². The third-order valence-corrected chi connectivity index (χ3v) is 0. The molecular formula is C2H6OSr. The summed E-state index contributed by atoms with van der Waals surface area (Å²) in [6, 6.07) is 0. The van der Waals surface area contributed by atoms with Crippen LogP contribution < -0.4 is 0 Å². The van der Waals surface area contributed by atoms with Crippen molar-refractivity contribution in [1.29, 1.82) is 0 Å². The molecular weight excluding hydrogens is 128 g/mol. The van der Waals surface area contributed by atoms with Crippen molar-refractivity contribution in [2.75, 3.05) is 0 Å². The van der Waals surface area contributed by atoms with Crippen LogP contribution in [0.5, 0.6) is 0 Å². The molecule has 22 valence electrons. The van der Waals surface area contributed by atoms with Crippen LogP contribution in [0, 0.1) is 0 Å². The van der Waals surface area contributed by atoms with Crippen molar-refractivity contribution in [3.63, 3.8) is 0 Å². The van der Waals surface area contributed by atoms with Crippen LogP contribution in [0.1, 0.15) is 9.78 Å². The van der Waals surface area contributed by atoms with Gasteiger partial charge in [-0.3, -0.25) is 0 Å². The second-order valence-corrected chi connectivity index (χ2v) is 0.236. The molecule has 0 aromatic carbocycles. The molecule has 4 heavy (non-hydrogen) atoms. The smallest absolute Gasteiger partial charge is 1.00 e. The Morgan fingerprint density at radius 1 is 2.00 bits per heavy atom. The summed E-state index contributed by atoms with van der Waals surface area (Å²) in [6.07, 6.45) is 0.750. The molecule has 0 aliphatic heterocycles. The van der Waals surface area contributed by atoms with Gasteiger partial charge in [-0.2, -0.15) is 0 Å². The minimum Gasteiger partial charge on any atom is -1.00 e. The molecule has 0 fully saturated rings. The average molecular weight is 134 g/mol. The summed E-state index contributed by atoms with van der Waals surface area (Å²) in [7, 11) is 0. The number of carbonyl (C=O) groups is 1. The first-order chi connectivity index (χ1) is 1.41. The molecule has 0 N–H and O–H groups in total. The van der Waals surface area contributed by atoms with Crippen molar-refractivity contribution in [2.45, 2.75) is 6.92 Å². The van der Waals surface area contributed by atoms with Crippen LogP contribution in [0.3, 0.4) is 0 Å². The van der Waals surface area contributed by atoms with Crippen molar-refractivity contribution in [3.8, 4) is 0 Å². The average Bonchev–Trinajstić information content (AvgIpc) is 0.918. The molecule has 1 nitrogen and oxygen atoms in total. The fourth-order valence-corrected chi connectivity index (χ4v) is 0. The van der Waals surface area contributed by atoms with Gasteiger partial charge < -0.3 is 7.65 Å². The number of aldehydes is 1. The number of carbonyl (C=O) groups excluding carboxylic acids is 1. The van der Waals surface area contributed by atoms with E-state index in [1.165, 1.54) is 6.92 Å². The van der Waals surface area contributed by atoms with E-state index in [2.05, 4.69) is 0 Å². The van der Waals surface area contributed by atoms with E-state index in [-0.39, 0.29) is 48.3 Å². The first kappa shape index (κ1) is 8.94. The van der Waals surface area contributed by atoms with Gasteiger partial charge in [0.25, 0.3) is 0 Å². The summed E-state index contributed by atoms with van der Waals surface area (Å²) in [6.45, 7) is 1.44. The molecule has 2 heteroatoms. The Balaban J connectivity index is -0.00000000667. The van der Waals surface area contributed by atoms with Crippen molar-refractivity contribution in [1.82, 2.24) is 0 Å². The summed E-state index contributed by atoms with van der Waals surface area (Å²) in [5.74, 6) is 0. The Hall–Kier alpha value is 1.15. The fraction of sp³-hybridized carbons (Fsp3) is 0.500. The van der Waals surface area contributed by atoms with E-state index in [1.54, 1.807) is 0 Å². The zero-order chi connectivity index (χ0) is 2.71. The normalized spacial score (nSPS) is 3.25. The van der Waals surface area contributed by atoms with Crippen LogP contribution in [0.15, 0.2) is 0 Å². The van der Waals surface area contributed by atoms with E-state index in [0.717, 1.165) is 6.29 Å². The molecule has 0 heterocycles. The molecule has 0 radical (unpaired) electrons. The van der Waals surface area contributed by atoms with Gasteiger partial charge in [0.15, 0.2) is 0 Å². The molecule has 0 spiro atoms. The van der Waals surface area contributed by atoms with E-state index >= 15 is 0 Å². The van der Waals surface area contributed by atoms with Crippen LogP contribution in [0.25, 0.3) is 0 Å². The van der Waals surface area contributed by atoms with Gasteiger partial charge in [-0.15, -0.1) is 0 Å². The quantitative estimate of drug-likeness (QED) is 0.337. The molecule has 0 aliphatic carbocycles. The summed E-state index contributed by atoms with van der Waals surface area (Å²) < 4.78 is 0. The van der Waals surface area contributed by atoms with E-state index in [4.69, 9.17) is 4.79 Å². The first-order valence-corrected chi connectivity index (χ1v) is 0.813. The molecule has 0 aromatic heterocycles. The van der Waals surface area contributed by atoms with E-state index < -0.39 is 0 Å². The van der Waals surface area contributed by atoms with Crippen molar-refractivity contribution < 1.29 is 7.65 Å². The van der Waals surface area contributed by atoms with Crippen LogP contribution >= 0.6 is 0 Å².